The van der Waals surface area contributed by atoms with Crippen LogP contribution in [-0.4, -0.2) is 23.2 Å². The molecule has 0 spiro atoms. The van der Waals surface area contributed by atoms with E-state index in [0.717, 1.165) is 25.7 Å². The van der Waals surface area contributed by atoms with Crippen molar-refractivity contribution in [1.29, 1.82) is 0 Å². The zero-order valence-corrected chi connectivity index (χ0v) is 10.6. The van der Waals surface area contributed by atoms with Crippen LogP contribution in [-0.2, 0) is 4.79 Å². The van der Waals surface area contributed by atoms with Crippen LogP contribution in [0, 0.1) is 0 Å². The summed E-state index contributed by atoms with van der Waals surface area (Å²) in [5, 5.41) is 12.9. The lowest BCUT2D eigenvalue weighted by molar-refractivity contribution is -0.114. The van der Waals surface area contributed by atoms with Crippen molar-refractivity contribution >= 4 is 11.6 Å². The van der Waals surface area contributed by atoms with Gasteiger partial charge in [-0.2, -0.15) is 0 Å². The van der Waals surface area contributed by atoms with Gasteiger partial charge in [-0.3, -0.25) is 4.79 Å². The third-order valence-electron chi connectivity index (χ3n) is 3.20. The second kappa shape index (κ2) is 5.40. The quantitative estimate of drug-likeness (QED) is 0.861. The maximum Gasteiger partial charge on any atom is 0.221 e. The van der Waals surface area contributed by atoms with Crippen LogP contribution in [0.3, 0.4) is 0 Å². The Kier molecular flexibility index (Phi) is 3.87. The molecule has 0 aromatic heterocycles. The fourth-order valence-electron chi connectivity index (χ4n) is 2.26. The van der Waals surface area contributed by atoms with E-state index < -0.39 is 5.60 Å². The molecule has 2 rings (SSSR count). The molecule has 0 saturated heterocycles. The van der Waals surface area contributed by atoms with Crippen molar-refractivity contribution in [2.75, 3.05) is 11.9 Å². The molecule has 0 atom stereocenters. The van der Waals surface area contributed by atoms with Crippen molar-refractivity contribution in [1.82, 2.24) is 0 Å². The number of anilines is 1. The number of amides is 1. The number of rotatable bonds is 4. The Hall–Kier alpha value is -1.55. The lowest BCUT2D eigenvalue weighted by atomic mass is 10.0. The second-order valence-electron chi connectivity index (χ2n) is 4.93. The van der Waals surface area contributed by atoms with E-state index in [1.54, 1.807) is 12.1 Å². The van der Waals surface area contributed by atoms with Crippen molar-refractivity contribution in [3.8, 4) is 5.75 Å². The second-order valence-corrected chi connectivity index (χ2v) is 4.93. The molecule has 1 saturated carbocycles. The minimum Gasteiger partial charge on any atom is -0.491 e. The summed E-state index contributed by atoms with van der Waals surface area (Å²) in [5.74, 6) is 0.558. The largest absolute Gasteiger partial charge is 0.491 e. The van der Waals surface area contributed by atoms with Gasteiger partial charge in [0.15, 0.2) is 0 Å². The standard InChI is InChI=1S/C14H19NO3/c1-11(16)15-12-5-4-6-13(9-12)18-10-14(17)7-2-3-8-14/h4-6,9,17H,2-3,7-8,10H2,1H3,(H,15,16). The lowest BCUT2D eigenvalue weighted by Gasteiger charge is -2.22. The van der Waals surface area contributed by atoms with E-state index in [1.807, 2.05) is 12.1 Å². The molecule has 98 valence electrons. The maximum absolute atomic E-state index is 11.0. The molecule has 1 aromatic rings. The molecule has 0 aliphatic heterocycles. The van der Waals surface area contributed by atoms with Gasteiger partial charge in [0.05, 0.1) is 5.60 Å². The molecule has 1 fully saturated rings. The Morgan fingerprint density at radius 3 is 2.83 bits per heavy atom. The van der Waals surface area contributed by atoms with Crippen LogP contribution in [0.1, 0.15) is 32.6 Å². The number of carbonyl (C=O) groups is 1. The molecule has 0 heterocycles. The molecule has 0 radical (unpaired) electrons. The van der Waals surface area contributed by atoms with Gasteiger partial charge in [-0.15, -0.1) is 0 Å². The van der Waals surface area contributed by atoms with Gasteiger partial charge in [-0.1, -0.05) is 18.9 Å². The van der Waals surface area contributed by atoms with Crippen LogP contribution in [0.5, 0.6) is 5.75 Å². The molecule has 1 aromatic carbocycles. The fourth-order valence-corrected chi connectivity index (χ4v) is 2.26. The Morgan fingerprint density at radius 1 is 1.44 bits per heavy atom. The number of hydrogen-bond acceptors (Lipinski definition) is 3. The summed E-state index contributed by atoms with van der Waals surface area (Å²) in [5.41, 5.74) is 0.0303. The summed E-state index contributed by atoms with van der Waals surface area (Å²) in [6, 6.07) is 7.21. The number of carbonyl (C=O) groups excluding carboxylic acids is 1. The third kappa shape index (κ3) is 3.47. The third-order valence-corrected chi connectivity index (χ3v) is 3.20. The normalized spacial score (nSPS) is 17.4. The highest BCUT2D eigenvalue weighted by Crippen LogP contribution is 2.30. The molecular formula is C14H19NO3. The minimum atomic E-state index is -0.677. The van der Waals surface area contributed by atoms with Gasteiger partial charge in [0.1, 0.15) is 12.4 Å². The predicted molar refractivity (Wildman–Crippen MR) is 69.7 cm³/mol. The van der Waals surface area contributed by atoms with E-state index in [9.17, 15) is 9.90 Å². The van der Waals surface area contributed by atoms with Crippen LogP contribution in [0.4, 0.5) is 5.69 Å². The molecule has 0 unspecified atom stereocenters. The molecule has 18 heavy (non-hydrogen) atoms. The van der Waals surface area contributed by atoms with Crippen LogP contribution >= 0.6 is 0 Å². The molecular weight excluding hydrogens is 230 g/mol. The molecule has 2 N–H and O–H groups in total. The summed E-state index contributed by atoms with van der Waals surface area (Å²) in [6.07, 6.45) is 3.73. The number of hydrogen-bond donors (Lipinski definition) is 2. The van der Waals surface area contributed by atoms with E-state index in [2.05, 4.69) is 5.32 Å². The average Bonchev–Trinajstić information content (AvgIpc) is 2.74. The molecule has 1 aliphatic carbocycles. The first-order valence-electron chi connectivity index (χ1n) is 6.30. The van der Waals surface area contributed by atoms with Crippen LogP contribution in [0.15, 0.2) is 24.3 Å². The number of benzene rings is 1. The topological polar surface area (TPSA) is 58.6 Å². The van der Waals surface area contributed by atoms with Crippen molar-refractivity contribution < 1.29 is 14.6 Å². The Balaban J connectivity index is 1.94. The van der Waals surface area contributed by atoms with E-state index >= 15 is 0 Å². The van der Waals surface area contributed by atoms with E-state index in [4.69, 9.17) is 4.74 Å². The highest BCUT2D eigenvalue weighted by molar-refractivity contribution is 5.88. The predicted octanol–water partition coefficient (Wildman–Crippen LogP) is 2.33. The first-order valence-corrected chi connectivity index (χ1v) is 6.30. The minimum absolute atomic E-state index is 0.110. The number of ether oxygens (including phenoxy) is 1. The highest BCUT2D eigenvalue weighted by atomic mass is 16.5. The van der Waals surface area contributed by atoms with Crippen LogP contribution in [0.25, 0.3) is 0 Å². The van der Waals surface area contributed by atoms with E-state index in [1.165, 1.54) is 6.92 Å². The number of nitrogens with one attached hydrogen (secondary N) is 1. The molecule has 4 nitrogen and oxygen atoms in total. The van der Waals surface area contributed by atoms with Crippen molar-refractivity contribution in [3.05, 3.63) is 24.3 Å². The first-order chi connectivity index (χ1) is 8.57. The van der Waals surface area contributed by atoms with Gasteiger partial charge in [-0.05, 0) is 25.0 Å². The summed E-state index contributed by atoms with van der Waals surface area (Å²) in [7, 11) is 0. The summed E-state index contributed by atoms with van der Waals surface area (Å²) in [6.45, 7) is 1.78. The molecule has 1 amide bonds. The van der Waals surface area contributed by atoms with Gasteiger partial charge in [-0.25, -0.2) is 0 Å². The van der Waals surface area contributed by atoms with Gasteiger partial charge in [0.2, 0.25) is 5.91 Å². The van der Waals surface area contributed by atoms with E-state index in [-0.39, 0.29) is 5.91 Å². The van der Waals surface area contributed by atoms with Crippen molar-refractivity contribution in [3.63, 3.8) is 0 Å². The Bertz CT molecular complexity index is 425. The van der Waals surface area contributed by atoms with Gasteiger partial charge < -0.3 is 15.2 Å². The highest BCUT2D eigenvalue weighted by Gasteiger charge is 2.31. The van der Waals surface area contributed by atoms with Gasteiger partial charge >= 0.3 is 0 Å². The monoisotopic (exact) mass is 249 g/mol. The molecule has 1 aliphatic rings. The first kappa shape index (κ1) is 12.9. The van der Waals surface area contributed by atoms with Gasteiger partial charge in [0, 0.05) is 18.7 Å². The fraction of sp³-hybridized carbons (Fsp3) is 0.500. The lowest BCUT2D eigenvalue weighted by Crippen LogP contribution is -2.32. The zero-order valence-electron chi connectivity index (χ0n) is 10.6. The van der Waals surface area contributed by atoms with E-state index in [0.29, 0.717) is 18.0 Å². The van der Waals surface area contributed by atoms with Crippen LogP contribution in [0.2, 0.25) is 0 Å². The smallest absolute Gasteiger partial charge is 0.221 e. The van der Waals surface area contributed by atoms with Crippen LogP contribution < -0.4 is 10.1 Å². The SMILES string of the molecule is CC(=O)Nc1cccc(OCC2(O)CCCC2)c1. The average molecular weight is 249 g/mol. The Morgan fingerprint density at radius 2 is 2.17 bits per heavy atom. The zero-order chi connectivity index (χ0) is 13.0. The van der Waals surface area contributed by atoms with Crippen molar-refractivity contribution in [2.45, 2.75) is 38.2 Å². The van der Waals surface area contributed by atoms with Gasteiger partial charge in [0.25, 0.3) is 0 Å². The maximum atomic E-state index is 11.0. The molecule has 4 heteroatoms. The summed E-state index contributed by atoms with van der Waals surface area (Å²) in [4.78, 5) is 11.0. The molecule has 0 bridgehead atoms. The Labute approximate surface area is 107 Å². The summed E-state index contributed by atoms with van der Waals surface area (Å²) < 4.78 is 5.61. The summed E-state index contributed by atoms with van der Waals surface area (Å²) >= 11 is 0. The van der Waals surface area contributed by atoms with Crippen molar-refractivity contribution in [2.24, 2.45) is 0 Å². The number of aliphatic hydroxyl groups is 1.